The molecule has 0 aliphatic carbocycles. The summed E-state index contributed by atoms with van der Waals surface area (Å²) in [6, 6.07) is 4.42. The minimum absolute atomic E-state index is 0.337. The molecule has 0 aromatic carbocycles. The molecule has 1 aliphatic rings. The van der Waals surface area contributed by atoms with E-state index in [9.17, 15) is 4.79 Å². The zero-order chi connectivity index (χ0) is 15.3. The number of aromatic nitrogens is 1. The van der Waals surface area contributed by atoms with E-state index < -0.39 is 5.60 Å². The molecule has 0 radical (unpaired) electrons. The summed E-state index contributed by atoms with van der Waals surface area (Å²) in [7, 11) is 0. The second-order valence-corrected chi connectivity index (χ2v) is 6.51. The Hall–Kier alpha value is -1.62. The standard InChI is InChI=1S/C16H25N3O2/c1-16(2,3)21-15(20)18-11-14-7-5-9-19(14)12-13-6-4-8-17-10-13/h4,6,8,10,14H,5,7,9,11-12H2,1-3H3,(H,18,20)/t14-/m1/s1. The largest absolute Gasteiger partial charge is 0.444 e. The Bertz CT molecular complexity index is 456. The number of ether oxygens (including phenoxy) is 1. The Balaban J connectivity index is 1.81. The van der Waals surface area contributed by atoms with Crippen molar-refractivity contribution in [3.63, 3.8) is 0 Å². The molecule has 0 bridgehead atoms. The van der Waals surface area contributed by atoms with Crippen LogP contribution in [0.5, 0.6) is 0 Å². The van der Waals surface area contributed by atoms with Crippen LogP contribution in [0.15, 0.2) is 24.5 Å². The molecule has 1 saturated heterocycles. The Morgan fingerprint density at radius 3 is 3.00 bits per heavy atom. The predicted molar refractivity (Wildman–Crippen MR) is 81.9 cm³/mol. The molecule has 21 heavy (non-hydrogen) atoms. The molecule has 2 heterocycles. The Morgan fingerprint density at radius 2 is 2.33 bits per heavy atom. The molecule has 1 fully saturated rings. The Labute approximate surface area is 126 Å². The van der Waals surface area contributed by atoms with E-state index in [0.29, 0.717) is 12.6 Å². The summed E-state index contributed by atoms with van der Waals surface area (Å²) < 4.78 is 5.27. The van der Waals surface area contributed by atoms with Crippen molar-refractivity contribution < 1.29 is 9.53 Å². The molecular weight excluding hydrogens is 266 g/mol. The van der Waals surface area contributed by atoms with Crippen LogP contribution in [0.3, 0.4) is 0 Å². The summed E-state index contributed by atoms with van der Waals surface area (Å²) in [5, 5.41) is 2.88. The summed E-state index contributed by atoms with van der Waals surface area (Å²) in [4.78, 5) is 18.3. The molecule has 1 atom stereocenters. The van der Waals surface area contributed by atoms with Crippen LogP contribution in [0.2, 0.25) is 0 Å². The van der Waals surface area contributed by atoms with Gasteiger partial charge in [-0.25, -0.2) is 4.79 Å². The Morgan fingerprint density at radius 1 is 1.52 bits per heavy atom. The van der Waals surface area contributed by atoms with E-state index in [-0.39, 0.29) is 6.09 Å². The highest BCUT2D eigenvalue weighted by Crippen LogP contribution is 2.19. The number of amides is 1. The molecule has 5 heteroatoms. The molecule has 1 aromatic heterocycles. The topological polar surface area (TPSA) is 54.5 Å². The van der Waals surface area contributed by atoms with Gasteiger partial charge < -0.3 is 10.1 Å². The smallest absolute Gasteiger partial charge is 0.407 e. The van der Waals surface area contributed by atoms with Crippen molar-refractivity contribution in [3.05, 3.63) is 30.1 Å². The van der Waals surface area contributed by atoms with E-state index in [1.807, 2.05) is 33.0 Å². The van der Waals surface area contributed by atoms with Crippen molar-refractivity contribution in [1.29, 1.82) is 0 Å². The average molecular weight is 291 g/mol. The van der Waals surface area contributed by atoms with Crippen LogP contribution in [0.25, 0.3) is 0 Å². The molecule has 1 N–H and O–H groups in total. The van der Waals surface area contributed by atoms with Crippen molar-refractivity contribution >= 4 is 6.09 Å². The first-order chi connectivity index (χ1) is 9.94. The number of rotatable bonds is 4. The van der Waals surface area contributed by atoms with E-state index in [1.54, 1.807) is 6.20 Å². The summed E-state index contributed by atoms with van der Waals surface area (Å²) in [5.41, 5.74) is 0.761. The molecule has 5 nitrogen and oxygen atoms in total. The second-order valence-electron chi connectivity index (χ2n) is 6.51. The van der Waals surface area contributed by atoms with E-state index >= 15 is 0 Å². The molecule has 0 unspecified atom stereocenters. The fourth-order valence-electron chi connectivity index (χ4n) is 2.58. The molecular formula is C16H25N3O2. The second kappa shape index (κ2) is 6.89. The zero-order valence-corrected chi connectivity index (χ0v) is 13.1. The van der Waals surface area contributed by atoms with Gasteiger partial charge in [-0.2, -0.15) is 0 Å². The number of hydrogen-bond acceptors (Lipinski definition) is 4. The first-order valence-corrected chi connectivity index (χ1v) is 7.54. The van der Waals surface area contributed by atoms with Gasteiger partial charge in [-0.15, -0.1) is 0 Å². The van der Waals surface area contributed by atoms with E-state index in [1.165, 1.54) is 12.0 Å². The summed E-state index contributed by atoms with van der Waals surface area (Å²) in [5.74, 6) is 0. The number of pyridine rings is 1. The van der Waals surface area contributed by atoms with Crippen LogP contribution in [-0.4, -0.2) is 40.7 Å². The molecule has 2 rings (SSSR count). The van der Waals surface area contributed by atoms with Crippen molar-refractivity contribution in [2.24, 2.45) is 0 Å². The van der Waals surface area contributed by atoms with Crippen LogP contribution >= 0.6 is 0 Å². The van der Waals surface area contributed by atoms with Crippen LogP contribution in [0, 0.1) is 0 Å². The maximum atomic E-state index is 11.7. The maximum absolute atomic E-state index is 11.7. The lowest BCUT2D eigenvalue weighted by atomic mass is 10.2. The molecule has 116 valence electrons. The predicted octanol–water partition coefficient (Wildman–Crippen LogP) is 2.57. The third kappa shape index (κ3) is 5.34. The minimum atomic E-state index is -0.449. The van der Waals surface area contributed by atoms with E-state index in [2.05, 4.69) is 21.3 Å². The van der Waals surface area contributed by atoms with Crippen LogP contribution in [0.1, 0.15) is 39.2 Å². The summed E-state index contributed by atoms with van der Waals surface area (Å²) in [6.45, 7) is 8.20. The quantitative estimate of drug-likeness (QED) is 0.926. The fourth-order valence-corrected chi connectivity index (χ4v) is 2.58. The number of carbonyl (C=O) groups is 1. The number of alkyl carbamates (subject to hydrolysis) is 1. The summed E-state index contributed by atoms with van der Waals surface area (Å²) >= 11 is 0. The number of hydrogen-bond donors (Lipinski definition) is 1. The zero-order valence-electron chi connectivity index (χ0n) is 13.1. The van der Waals surface area contributed by atoms with Gasteiger partial charge in [-0.05, 0) is 51.8 Å². The van der Waals surface area contributed by atoms with E-state index in [0.717, 1.165) is 19.5 Å². The average Bonchev–Trinajstić information content (AvgIpc) is 2.83. The number of carbonyl (C=O) groups excluding carboxylic acids is 1. The molecule has 1 aliphatic heterocycles. The SMILES string of the molecule is CC(C)(C)OC(=O)NC[C@H]1CCCN1Cc1cccnc1. The van der Waals surface area contributed by atoms with Gasteiger partial charge in [0.15, 0.2) is 0 Å². The van der Waals surface area contributed by atoms with Crippen molar-refractivity contribution in [2.45, 2.75) is 51.8 Å². The lowest BCUT2D eigenvalue weighted by molar-refractivity contribution is 0.0512. The number of likely N-dealkylation sites (tertiary alicyclic amines) is 1. The molecule has 1 amide bonds. The highest BCUT2D eigenvalue weighted by molar-refractivity contribution is 5.67. The van der Waals surface area contributed by atoms with Crippen LogP contribution < -0.4 is 5.32 Å². The third-order valence-corrected chi connectivity index (χ3v) is 3.49. The van der Waals surface area contributed by atoms with Gasteiger partial charge in [0.1, 0.15) is 5.60 Å². The van der Waals surface area contributed by atoms with Crippen molar-refractivity contribution in [3.8, 4) is 0 Å². The first-order valence-electron chi connectivity index (χ1n) is 7.54. The van der Waals surface area contributed by atoms with Crippen LogP contribution in [-0.2, 0) is 11.3 Å². The highest BCUT2D eigenvalue weighted by atomic mass is 16.6. The van der Waals surface area contributed by atoms with E-state index in [4.69, 9.17) is 4.74 Å². The molecule has 0 saturated carbocycles. The van der Waals surface area contributed by atoms with Gasteiger partial charge in [-0.3, -0.25) is 9.88 Å². The number of nitrogens with one attached hydrogen (secondary N) is 1. The van der Waals surface area contributed by atoms with Gasteiger partial charge in [-0.1, -0.05) is 6.07 Å². The minimum Gasteiger partial charge on any atom is -0.444 e. The van der Waals surface area contributed by atoms with Gasteiger partial charge in [0.25, 0.3) is 0 Å². The molecule has 1 aromatic rings. The first kappa shape index (κ1) is 15.8. The van der Waals surface area contributed by atoms with Gasteiger partial charge >= 0.3 is 6.09 Å². The van der Waals surface area contributed by atoms with Gasteiger partial charge in [0, 0.05) is 31.5 Å². The summed E-state index contributed by atoms with van der Waals surface area (Å²) in [6.07, 6.45) is 5.62. The lowest BCUT2D eigenvalue weighted by Crippen LogP contribution is -2.41. The maximum Gasteiger partial charge on any atom is 0.407 e. The molecule has 0 spiro atoms. The Kier molecular flexibility index (Phi) is 5.17. The lowest BCUT2D eigenvalue weighted by Gasteiger charge is -2.25. The van der Waals surface area contributed by atoms with Crippen molar-refractivity contribution in [2.75, 3.05) is 13.1 Å². The van der Waals surface area contributed by atoms with Crippen LogP contribution in [0.4, 0.5) is 4.79 Å². The normalized spacial score (nSPS) is 19.5. The van der Waals surface area contributed by atoms with Gasteiger partial charge in [0.2, 0.25) is 0 Å². The van der Waals surface area contributed by atoms with Gasteiger partial charge in [0.05, 0.1) is 0 Å². The van der Waals surface area contributed by atoms with Crippen molar-refractivity contribution in [1.82, 2.24) is 15.2 Å². The number of nitrogens with zero attached hydrogens (tertiary/aromatic N) is 2. The third-order valence-electron chi connectivity index (χ3n) is 3.49. The monoisotopic (exact) mass is 291 g/mol. The highest BCUT2D eigenvalue weighted by Gasteiger charge is 2.25. The fraction of sp³-hybridized carbons (Fsp3) is 0.625.